The van der Waals surface area contributed by atoms with Gasteiger partial charge in [-0.05, 0) is 40.5 Å². The molecule has 0 fully saturated rings. The lowest BCUT2D eigenvalue weighted by atomic mass is 9.84. The molecule has 0 spiro atoms. The maximum atomic E-state index is 11.9. The first-order valence-corrected chi connectivity index (χ1v) is 6.81. The van der Waals surface area contributed by atoms with Gasteiger partial charge in [0.1, 0.15) is 0 Å². The molecule has 0 aliphatic rings. The van der Waals surface area contributed by atoms with E-state index >= 15 is 0 Å². The van der Waals surface area contributed by atoms with E-state index < -0.39 is 29.6 Å². The van der Waals surface area contributed by atoms with Gasteiger partial charge in [0.25, 0.3) is 0 Å². The van der Waals surface area contributed by atoms with Crippen LogP contribution >= 0.6 is 0 Å². The van der Waals surface area contributed by atoms with E-state index in [2.05, 4.69) is 0 Å². The predicted octanol–water partition coefficient (Wildman–Crippen LogP) is 2.06. The average molecular weight is 274 g/mol. The molecular formula is C14H26O5. The van der Waals surface area contributed by atoms with Gasteiger partial charge in [-0.2, -0.15) is 0 Å². The van der Waals surface area contributed by atoms with Crippen molar-refractivity contribution in [3.8, 4) is 0 Å². The van der Waals surface area contributed by atoms with Gasteiger partial charge in [-0.1, -0.05) is 13.8 Å². The molecule has 5 nitrogen and oxygen atoms in total. The highest BCUT2D eigenvalue weighted by Crippen LogP contribution is 2.26. The number of carbonyl (C=O) groups excluding carboxylic acids is 2. The summed E-state index contributed by atoms with van der Waals surface area (Å²) in [7, 11) is 0. The molecule has 0 aromatic rings. The van der Waals surface area contributed by atoms with Gasteiger partial charge in [0.15, 0.2) is 6.10 Å². The monoisotopic (exact) mass is 274 g/mol. The second kappa shape index (κ2) is 7.48. The molecule has 112 valence electrons. The standard InChI is InChI=1S/C14H26O5/c1-7-14(17,8-2)10(5)12(15)19-11(6)13(16)18-9(3)4/h9-11,17H,7-8H2,1-6H3. The number of aliphatic hydroxyl groups is 1. The number of hydrogen-bond acceptors (Lipinski definition) is 5. The van der Waals surface area contributed by atoms with Crippen molar-refractivity contribution in [3.63, 3.8) is 0 Å². The maximum Gasteiger partial charge on any atom is 0.347 e. The van der Waals surface area contributed by atoms with Crippen molar-refractivity contribution < 1.29 is 24.2 Å². The Kier molecular flexibility index (Phi) is 7.05. The Morgan fingerprint density at radius 3 is 1.84 bits per heavy atom. The molecule has 0 saturated carbocycles. The van der Waals surface area contributed by atoms with Crippen molar-refractivity contribution >= 4 is 11.9 Å². The molecule has 0 heterocycles. The van der Waals surface area contributed by atoms with E-state index in [1.165, 1.54) is 6.92 Å². The van der Waals surface area contributed by atoms with Crippen molar-refractivity contribution in [1.29, 1.82) is 0 Å². The summed E-state index contributed by atoms with van der Waals surface area (Å²) < 4.78 is 10.0. The SMILES string of the molecule is CCC(O)(CC)C(C)C(=O)OC(C)C(=O)OC(C)C. The van der Waals surface area contributed by atoms with Gasteiger partial charge in [-0.3, -0.25) is 4.79 Å². The highest BCUT2D eigenvalue weighted by molar-refractivity contribution is 5.80. The van der Waals surface area contributed by atoms with E-state index in [0.717, 1.165) is 0 Å². The summed E-state index contributed by atoms with van der Waals surface area (Å²) in [4.78, 5) is 23.5. The molecule has 1 N–H and O–H groups in total. The zero-order valence-electron chi connectivity index (χ0n) is 12.7. The normalized spacial score (nSPS) is 14.9. The fourth-order valence-electron chi connectivity index (χ4n) is 1.73. The summed E-state index contributed by atoms with van der Waals surface area (Å²) >= 11 is 0. The lowest BCUT2D eigenvalue weighted by Gasteiger charge is -2.31. The first kappa shape index (κ1) is 17.9. The van der Waals surface area contributed by atoms with Crippen molar-refractivity contribution in [2.24, 2.45) is 5.92 Å². The van der Waals surface area contributed by atoms with E-state index in [1.807, 2.05) is 13.8 Å². The maximum absolute atomic E-state index is 11.9. The number of esters is 2. The van der Waals surface area contributed by atoms with Crippen molar-refractivity contribution in [3.05, 3.63) is 0 Å². The zero-order valence-corrected chi connectivity index (χ0v) is 12.7. The topological polar surface area (TPSA) is 72.8 Å². The van der Waals surface area contributed by atoms with E-state index in [-0.39, 0.29) is 6.10 Å². The van der Waals surface area contributed by atoms with Gasteiger partial charge in [-0.25, -0.2) is 4.79 Å². The minimum absolute atomic E-state index is 0.255. The Morgan fingerprint density at radius 1 is 1.00 bits per heavy atom. The summed E-state index contributed by atoms with van der Waals surface area (Å²) in [6.45, 7) is 10.1. The average Bonchev–Trinajstić information content (AvgIpc) is 2.35. The van der Waals surface area contributed by atoms with E-state index in [0.29, 0.717) is 12.8 Å². The van der Waals surface area contributed by atoms with Gasteiger partial charge >= 0.3 is 11.9 Å². The Balaban J connectivity index is 4.56. The summed E-state index contributed by atoms with van der Waals surface area (Å²) in [5.41, 5.74) is -1.10. The molecule has 0 aromatic heterocycles. The summed E-state index contributed by atoms with van der Waals surface area (Å²) in [6.07, 6.45) is -0.320. The van der Waals surface area contributed by atoms with Crippen molar-refractivity contribution in [2.75, 3.05) is 0 Å². The minimum atomic E-state index is -1.10. The van der Waals surface area contributed by atoms with E-state index in [1.54, 1.807) is 20.8 Å². The van der Waals surface area contributed by atoms with Crippen LogP contribution in [0, 0.1) is 5.92 Å². The minimum Gasteiger partial charge on any atom is -0.460 e. The molecule has 0 bridgehead atoms. The van der Waals surface area contributed by atoms with Crippen LogP contribution in [0.15, 0.2) is 0 Å². The number of carbonyl (C=O) groups is 2. The largest absolute Gasteiger partial charge is 0.460 e. The second-order valence-corrected chi connectivity index (χ2v) is 5.10. The summed E-state index contributed by atoms with van der Waals surface area (Å²) in [5, 5.41) is 10.2. The number of ether oxygens (including phenoxy) is 2. The van der Waals surface area contributed by atoms with Gasteiger partial charge in [-0.15, -0.1) is 0 Å². The van der Waals surface area contributed by atoms with Crippen LogP contribution in [-0.2, 0) is 19.1 Å². The Labute approximate surface area is 115 Å². The molecule has 0 rings (SSSR count). The first-order valence-electron chi connectivity index (χ1n) is 6.81. The quantitative estimate of drug-likeness (QED) is 0.719. The van der Waals surface area contributed by atoms with Gasteiger partial charge in [0.05, 0.1) is 17.6 Å². The van der Waals surface area contributed by atoms with Crippen LogP contribution < -0.4 is 0 Å². The molecule has 0 amide bonds. The Hall–Kier alpha value is -1.10. The Morgan fingerprint density at radius 2 is 1.47 bits per heavy atom. The van der Waals surface area contributed by atoms with Crippen molar-refractivity contribution in [2.45, 2.75) is 72.2 Å². The third-order valence-corrected chi connectivity index (χ3v) is 3.36. The number of rotatable bonds is 7. The molecule has 5 heteroatoms. The molecule has 2 unspecified atom stereocenters. The molecule has 0 aliphatic carbocycles. The van der Waals surface area contributed by atoms with Crippen LogP contribution in [0.25, 0.3) is 0 Å². The smallest absolute Gasteiger partial charge is 0.347 e. The van der Waals surface area contributed by atoms with E-state index in [4.69, 9.17) is 9.47 Å². The lowest BCUT2D eigenvalue weighted by molar-refractivity contribution is -0.176. The molecule has 0 aliphatic heterocycles. The van der Waals surface area contributed by atoms with Gasteiger partial charge in [0.2, 0.25) is 0 Å². The van der Waals surface area contributed by atoms with Crippen LogP contribution in [0.4, 0.5) is 0 Å². The number of hydrogen-bond donors (Lipinski definition) is 1. The molecule has 0 radical (unpaired) electrons. The van der Waals surface area contributed by atoms with Crippen LogP contribution in [0.1, 0.15) is 54.4 Å². The highest BCUT2D eigenvalue weighted by atomic mass is 16.6. The van der Waals surface area contributed by atoms with Crippen molar-refractivity contribution in [1.82, 2.24) is 0 Å². The Bertz CT molecular complexity index is 307. The summed E-state index contributed by atoms with van der Waals surface area (Å²) in [5.74, 6) is -1.84. The van der Waals surface area contributed by atoms with E-state index in [9.17, 15) is 14.7 Å². The molecular weight excluding hydrogens is 248 g/mol. The van der Waals surface area contributed by atoms with Crippen LogP contribution in [-0.4, -0.2) is 34.9 Å². The van der Waals surface area contributed by atoms with Crippen LogP contribution in [0.2, 0.25) is 0 Å². The molecule has 19 heavy (non-hydrogen) atoms. The lowest BCUT2D eigenvalue weighted by Crippen LogP contribution is -2.42. The van der Waals surface area contributed by atoms with Crippen LogP contribution in [0.5, 0.6) is 0 Å². The van der Waals surface area contributed by atoms with Crippen LogP contribution in [0.3, 0.4) is 0 Å². The highest BCUT2D eigenvalue weighted by Gasteiger charge is 2.37. The first-order chi connectivity index (χ1) is 8.67. The summed E-state index contributed by atoms with van der Waals surface area (Å²) in [6, 6.07) is 0. The second-order valence-electron chi connectivity index (χ2n) is 5.10. The van der Waals surface area contributed by atoms with Gasteiger partial charge in [0, 0.05) is 0 Å². The fourth-order valence-corrected chi connectivity index (χ4v) is 1.73. The zero-order chi connectivity index (χ0) is 15.2. The molecule has 0 saturated heterocycles. The molecule has 0 aromatic carbocycles. The molecule has 2 atom stereocenters. The predicted molar refractivity (Wildman–Crippen MR) is 71.5 cm³/mol. The van der Waals surface area contributed by atoms with Gasteiger partial charge < -0.3 is 14.6 Å². The third-order valence-electron chi connectivity index (χ3n) is 3.36. The fraction of sp³-hybridized carbons (Fsp3) is 0.857. The third kappa shape index (κ3) is 5.19.